The van der Waals surface area contributed by atoms with Gasteiger partial charge < -0.3 is 9.64 Å². The lowest BCUT2D eigenvalue weighted by Crippen LogP contribution is -2.47. The number of benzene rings is 10. The number of nitrogens with zero attached hydrogens (tertiary/aromatic N) is 4. The van der Waals surface area contributed by atoms with Crippen molar-refractivity contribution in [1.82, 2.24) is 19.6 Å². The molecule has 4 aliphatic heterocycles. The molecule has 1 aromatic heterocycles. The van der Waals surface area contributed by atoms with Gasteiger partial charge in [-0.1, -0.05) is 252 Å². The molecule has 0 spiro atoms. The maximum absolute atomic E-state index is 16.6. The first-order valence-corrected chi connectivity index (χ1v) is 43.7. The summed E-state index contributed by atoms with van der Waals surface area (Å²) in [6.45, 7) is 18.1. The van der Waals surface area contributed by atoms with Gasteiger partial charge in [0, 0.05) is 94.4 Å². The highest BCUT2D eigenvalue weighted by Crippen LogP contribution is 2.54. The molecule has 110 heavy (non-hydrogen) atoms. The number of ether oxygens (including phenoxy) is 1. The molecule has 7 amide bonds. The Morgan fingerprint density at radius 2 is 0.564 bits per heavy atom. The first-order chi connectivity index (χ1) is 53.8. The number of unbranched alkanes of at least 4 members (excludes halogenated alkanes) is 16. The number of hydrogen-bond acceptors (Lipinski definition) is 9. The molecule has 10 aromatic carbocycles. The molecule has 11 aromatic rings. The summed E-state index contributed by atoms with van der Waals surface area (Å²) in [5.74, 6) is -1.75. The van der Waals surface area contributed by atoms with Crippen LogP contribution >= 0.6 is 11.3 Å². The van der Waals surface area contributed by atoms with E-state index < -0.39 is 0 Å². The van der Waals surface area contributed by atoms with Crippen molar-refractivity contribution in [3.63, 3.8) is 0 Å². The smallest absolute Gasteiger partial charge is 0.262 e. The third kappa shape index (κ3) is 13.3. The first kappa shape index (κ1) is 76.7. The highest BCUT2D eigenvalue weighted by Gasteiger charge is 2.45. The molecule has 0 radical (unpaired) electrons. The SMILES string of the molecule is CCCCCC(CCCCC)N1COCc2ccc3c4ccc5c6c(c(-c7ccc(-c8cc9c%10ccc%11c%12c(ccc(c%13ccc%14c(c8C(=O)N(C(CCCCC)CCCCC)C%14=O)c%139)c%12%10)C(=O)N(C(CCCCC)CCCCC)C%11=O)s7)cc(c7ccc(c2c37)C1=O)c64)C(=O)N(C(CCCCC)CCCCC)C5=O. The summed E-state index contributed by atoms with van der Waals surface area (Å²) in [7, 11) is 0. The van der Waals surface area contributed by atoms with Crippen LogP contribution in [0, 0.1) is 0 Å². The van der Waals surface area contributed by atoms with E-state index in [4.69, 9.17) is 4.74 Å². The molecule has 13 heteroatoms. The molecule has 15 rings (SSSR count). The summed E-state index contributed by atoms with van der Waals surface area (Å²) < 4.78 is 6.63. The second kappa shape index (κ2) is 33.3. The Labute approximate surface area is 653 Å². The topological polar surface area (TPSA) is 142 Å². The minimum Gasteiger partial charge on any atom is -0.356 e. The zero-order valence-electron chi connectivity index (χ0n) is 66.6. The van der Waals surface area contributed by atoms with Gasteiger partial charge >= 0.3 is 0 Å². The minimum atomic E-state index is -0.330. The highest BCUT2D eigenvalue weighted by atomic mass is 32.1. The number of rotatable bonds is 38. The molecular formula is C97H112N4O8S. The van der Waals surface area contributed by atoms with E-state index in [2.05, 4.69) is 104 Å². The van der Waals surface area contributed by atoms with E-state index in [0.29, 0.717) is 98.5 Å². The summed E-state index contributed by atoms with van der Waals surface area (Å²) in [6.07, 6.45) is 30.0. The first-order valence-electron chi connectivity index (χ1n) is 42.9. The van der Waals surface area contributed by atoms with Crippen LogP contribution in [0.4, 0.5) is 0 Å². The molecule has 0 aliphatic carbocycles. The van der Waals surface area contributed by atoms with Crippen LogP contribution in [0.25, 0.3) is 107 Å². The monoisotopic (exact) mass is 1490 g/mol. The molecule has 0 unspecified atom stereocenters. The van der Waals surface area contributed by atoms with Crippen LogP contribution in [-0.4, -0.2) is 91.8 Å². The van der Waals surface area contributed by atoms with Crippen molar-refractivity contribution in [1.29, 1.82) is 0 Å². The highest BCUT2D eigenvalue weighted by molar-refractivity contribution is 7.19. The quantitative estimate of drug-likeness (QED) is 0.0161. The fraction of sp³-hybridized carbons (Fsp3) is 0.474. The standard InChI is InChI=1S/C97H112N4O8S/c1-9-17-25-33-60(34-26-18-10-2)98-58-109-57-59-41-42-64-66-44-51-73-87-84(66)75(68-46-48-70(91(98)102)81(59)82(64)68)55-77(89(87)96(107)100(94(73)105)62(37-29-21-13-5)38-30-22-14-6)79-53-54-80(110-79)78-56-76-69-47-50-72-86-71(92(103)99(93(72)104)61(35-27-19-11-3)36-28-20-12-4)49-43-65(83(69)86)67-45-52-74-88(85(67)76)90(78)97(108)101(95(74)106)63(39-31-23-15-7)40-32-24-16-8/h41-56,60-63H,9-40,57-58H2,1-8H3. The Bertz CT molecular complexity index is 5310. The van der Waals surface area contributed by atoms with Crippen molar-refractivity contribution in [3.05, 3.63) is 142 Å². The third-order valence-corrected chi connectivity index (χ3v) is 26.7. The van der Waals surface area contributed by atoms with Crippen LogP contribution in [0.3, 0.4) is 0 Å². The molecule has 0 saturated heterocycles. The lowest BCUT2D eigenvalue weighted by Gasteiger charge is -2.36. The van der Waals surface area contributed by atoms with Gasteiger partial charge in [-0.15, -0.1) is 11.3 Å². The maximum Gasteiger partial charge on any atom is 0.262 e. The Morgan fingerprint density at radius 3 is 0.909 bits per heavy atom. The molecule has 5 heterocycles. The second-order valence-electron chi connectivity index (χ2n) is 32.7. The molecule has 0 N–H and O–H groups in total. The lowest BCUT2D eigenvalue weighted by molar-refractivity contribution is -0.00318. The molecule has 0 bridgehead atoms. The Kier molecular flexibility index (Phi) is 23.3. The van der Waals surface area contributed by atoms with Gasteiger partial charge in [-0.3, -0.25) is 48.3 Å². The fourth-order valence-electron chi connectivity index (χ4n) is 19.9. The number of carbonyl (C=O) groups is 7. The Balaban J connectivity index is 0.970. The van der Waals surface area contributed by atoms with Crippen molar-refractivity contribution in [2.75, 3.05) is 6.73 Å². The predicted octanol–water partition coefficient (Wildman–Crippen LogP) is 26.0. The van der Waals surface area contributed by atoms with Crippen LogP contribution in [0.5, 0.6) is 0 Å². The normalized spacial score (nSPS) is 14.9. The van der Waals surface area contributed by atoms with Crippen molar-refractivity contribution in [3.8, 4) is 20.9 Å². The number of hydrogen-bond donors (Lipinski definition) is 0. The van der Waals surface area contributed by atoms with Crippen LogP contribution in [-0.2, 0) is 11.3 Å². The molecule has 0 saturated carbocycles. The van der Waals surface area contributed by atoms with Crippen LogP contribution in [0.15, 0.2) is 97.1 Å². The van der Waals surface area contributed by atoms with Gasteiger partial charge in [0.05, 0.1) is 17.7 Å². The molecular weight excluding hydrogens is 1380 g/mol. The van der Waals surface area contributed by atoms with Gasteiger partial charge in [-0.2, -0.15) is 0 Å². The van der Waals surface area contributed by atoms with Crippen molar-refractivity contribution >= 4 is 139 Å². The van der Waals surface area contributed by atoms with E-state index in [1.54, 1.807) is 14.7 Å². The maximum atomic E-state index is 16.6. The fourth-order valence-corrected chi connectivity index (χ4v) is 21.0. The third-order valence-electron chi connectivity index (χ3n) is 25.6. The van der Waals surface area contributed by atoms with E-state index in [9.17, 15) is 0 Å². The number of imide groups is 3. The zero-order chi connectivity index (χ0) is 76.6. The predicted molar refractivity (Wildman–Crippen MR) is 453 cm³/mol. The Hall–Kier alpha value is -8.65. The Morgan fingerprint density at radius 1 is 0.282 bits per heavy atom. The summed E-state index contributed by atoms with van der Waals surface area (Å²) in [5.41, 5.74) is 5.84. The average molecular weight is 1490 g/mol. The van der Waals surface area contributed by atoms with E-state index in [-0.39, 0.29) is 72.2 Å². The lowest BCUT2D eigenvalue weighted by atomic mass is 9.80. The van der Waals surface area contributed by atoms with Gasteiger partial charge in [-0.25, -0.2) is 0 Å². The van der Waals surface area contributed by atoms with Crippen LogP contribution in [0.2, 0.25) is 0 Å². The summed E-state index contributed by atoms with van der Waals surface area (Å²) in [6, 6.07) is 31.9. The van der Waals surface area contributed by atoms with Crippen molar-refractivity contribution in [2.24, 2.45) is 0 Å². The van der Waals surface area contributed by atoms with Crippen LogP contribution in [0.1, 0.15) is 339 Å². The van der Waals surface area contributed by atoms with Gasteiger partial charge in [0.1, 0.15) is 6.73 Å². The van der Waals surface area contributed by atoms with Crippen LogP contribution < -0.4 is 0 Å². The van der Waals surface area contributed by atoms with Gasteiger partial charge in [0.2, 0.25) is 0 Å². The van der Waals surface area contributed by atoms with Gasteiger partial charge in [0.25, 0.3) is 41.4 Å². The number of amides is 7. The van der Waals surface area contributed by atoms with E-state index in [1.807, 2.05) is 53.4 Å². The largest absolute Gasteiger partial charge is 0.356 e. The molecule has 4 aliphatic rings. The zero-order valence-corrected chi connectivity index (χ0v) is 67.4. The second-order valence-corrected chi connectivity index (χ2v) is 33.8. The van der Waals surface area contributed by atoms with Gasteiger partial charge in [0.15, 0.2) is 0 Å². The molecule has 574 valence electrons. The average Bonchev–Trinajstić information content (AvgIpc) is 0.765. The number of fused-ring (bicyclic) bond motifs is 4. The summed E-state index contributed by atoms with van der Waals surface area (Å²) >= 11 is 1.51. The van der Waals surface area contributed by atoms with Crippen molar-refractivity contribution in [2.45, 2.75) is 292 Å². The van der Waals surface area contributed by atoms with E-state index in [0.717, 1.165) is 265 Å². The molecule has 12 nitrogen and oxygen atoms in total. The number of carbonyl (C=O) groups excluding carboxylic acids is 7. The van der Waals surface area contributed by atoms with E-state index >= 15 is 33.6 Å². The summed E-state index contributed by atoms with van der Waals surface area (Å²) in [5, 5.41) is 13.1. The van der Waals surface area contributed by atoms with E-state index in [1.165, 1.54) is 11.3 Å². The van der Waals surface area contributed by atoms with Gasteiger partial charge in [-0.05, 0) is 176 Å². The summed E-state index contributed by atoms with van der Waals surface area (Å²) in [4.78, 5) is 120. The minimum absolute atomic E-state index is 0.0281. The molecule has 0 atom stereocenters. The number of thiophene rings is 1. The van der Waals surface area contributed by atoms with Crippen molar-refractivity contribution < 1.29 is 38.3 Å². The molecule has 0 fully saturated rings.